The van der Waals surface area contributed by atoms with Crippen LogP contribution in [0.4, 0.5) is 0 Å². The molecule has 2 N–H and O–H groups in total. The first kappa shape index (κ1) is 17.2. The summed E-state index contributed by atoms with van der Waals surface area (Å²) in [7, 11) is 3.44. The van der Waals surface area contributed by atoms with Gasteiger partial charge in [0, 0.05) is 11.0 Å². The highest BCUT2D eigenvalue weighted by Gasteiger charge is 2.11. The second kappa shape index (κ2) is 9.19. The van der Waals surface area contributed by atoms with Gasteiger partial charge < -0.3 is 15.4 Å². The smallest absolute Gasteiger partial charge is 0.255 e. The molecule has 4 nitrogen and oxygen atoms in total. The van der Waals surface area contributed by atoms with Crippen LogP contribution in [0.2, 0.25) is 0 Å². The van der Waals surface area contributed by atoms with Gasteiger partial charge in [0.2, 0.25) is 0 Å². The maximum absolute atomic E-state index is 11.9. The number of carbonyl (C=O) groups is 1. The summed E-state index contributed by atoms with van der Waals surface area (Å²) < 4.78 is 6.06. The molecule has 0 saturated heterocycles. The van der Waals surface area contributed by atoms with Crippen molar-refractivity contribution in [1.29, 1.82) is 0 Å². The summed E-state index contributed by atoms with van der Waals surface area (Å²) in [5.41, 5.74) is 0.556. The Bertz CT molecular complexity index is 388. The maximum atomic E-state index is 11.9. The van der Waals surface area contributed by atoms with Crippen LogP contribution >= 0.6 is 28.3 Å². The summed E-state index contributed by atoms with van der Waals surface area (Å²) in [5.74, 6) is 0.468. The normalized spacial score (nSPS) is 9.50. The number of hydrogen-bond acceptors (Lipinski definition) is 3. The number of benzene rings is 1. The van der Waals surface area contributed by atoms with E-state index in [1.165, 1.54) is 0 Å². The molecule has 0 atom stereocenters. The Morgan fingerprint density at radius 1 is 1.39 bits per heavy atom. The van der Waals surface area contributed by atoms with Crippen LogP contribution in [0, 0.1) is 0 Å². The molecule has 0 saturated carbocycles. The number of ether oxygens (including phenoxy) is 1. The number of halogens is 2. The summed E-state index contributed by atoms with van der Waals surface area (Å²) in [6, 6.07) is 5.35. The lowest BCUT2D eigenvalue weighted by atomic mass is 10.2. The SMILES string of the molecule is CNCCCNC(=O)c1ccc(Br)cc1OC.Cl. The van der Waals surface area contributed by atoms with Crippen molar-refractivity contribution in [3.05, 3.63) is 28.2 Å². The topological polar surface area (TPSA) is 50.4 Å². The summed E-state index contributed by atoms with van der Waals surface area (Å²) in [5, 5.41) is 5.88. The minimum absolute atomic E-state index is 0. The molecule has 0 aromatic heterocycles. The van der Waals surface area contributed by atoms with Crippen molar-refractivity contribution in [3.8, 4) is 5.75 Å². The first-order chi connectivity index (χ1) is 8.19. The van der Waals surface area contributed by atoms with E-state index in [9.17, 15) is 4.79 Å². The number of rotatable bonds is 6. The van der Waals surface area contributed by atoms with Crippen molar-refractivity contribution in [2.24, 2.45) is 0 Å². The molecule has 0 heterocycles. The average molecular weight is 338 g/mol. The van der Waals surface area contributed by atoms with Crippen molar-refractivity contribution in [2.75, 3.05) is 27.2 Å². The molecule has 1 aromatic carbocycles. The van der Waals surface area contributed by atoms with Crippen LogP contribution < -0.4 is 15.4 Å². The maximum Gasteiger partial charge on any atom is 0.255 e. The number of amides is 1. The van der Waals surface area contributed by atoms with Gasteiger partial charge in [-0.3, -0.25) is 4.79 Å². The van der Waals surface area contributed by atoms with Crippen LogP contribution in [0.1, 0.15) is 16.8 Å². The number of hydrogen-bond donors (Lipinski definition) is 2. The lowest BCUT2D eigenvalue weighted by molar-refractivity contribution is 0.0950. The van der Waals surface area contributed by atoms with Crippen LogP contribution in [0.25, 0.3) is 0 Å². The van der Waals surface area contributed by atoms with Gasteiger partial charge in [-0.1, -0.05) is 15.9 Å². The zero-order valence-corrected chi connectivity index (χ0v) is 12.9. The van der Waals surface area contributed by atoms with E-state index in [4.69, 9.17) is 4.74 Å². The molecule has 18 heavy (non-hydrogen) atoms. The third-order valence-corrected chi connectivity index (χ3v) is 2.79. The van der Waals surface area contributed by atoms with Gasteiger partial charge >= 0.3 is 0 Å². The number of nitrogens with one attached hydrogen (secondary N) is 2. The molecule has 6 heteroatoms. The van der Waals surface area contributed by atoms with Crippen molar-refractivity contribution >= 4 is 34.2 Å². The summed E-state index contributed by atoms with van der Waals surface area (Å²) in [4.78, 5) is 11.9. The van der Waals surface area contributed by atoms with Gasteiger partial charge in [-0.15, -0.1) is 12.4 Å². The predicted molar refractivity (Wildman–Crippen MR) is 78.8 cm³/mol. The van der Waals surface area contributed by atoms with Gasteiger partial charge in [-0.2, -0.15) is 0 Å². The van der Waals surface area contributed by atoms with E-state index in [1.54, 1.807) is 19.2 Å². The highest BCUT2D eigenvalue weighted by molar-refractivity contribution is 9.10. The Hall–Kier alpha value is -0.780. The standard InChI is InChI=1S/C12H17BrN2O2.ClH/c1-14-6-3-7-15-12(16)10-5-4-9(13)8-11(10)17-2;/h4-5,8,14H,3,6-7H2,1-2H3,(H,15,16);1H. The largest absolute Gasteiger partial charge is 0.496 e. The van der Waals surface area contributed by atoms with E-state index < -0.39 is 0 Å². The van der Waals surface area contributed by atoms with Crippen molar-refractivity contribution in [2.45, 2.75) is 6.42 Å². The zero-order chi connectivity index (χ0) is 12.7. The monoisotopic (exact) mass is 336 g/mol. The van der Waals surface area contributed by atoms with Gasteiger partial charge in [0.25, 0.3) is 5.91 Å². The summed E-state index contributed by atoms with van der Waals surface area (Å²) >= 11 is 3.34. The van der Waals surface area contributed by atoms with Gasteiger partial charge in [0.05, 0.1) is 12.7 Å². The molecule has 0 fully saturated rings. The van der Waals surface area contributed by atoms with Gasteiger partial charge in [-0.05, 0) is 38.2 Å². The molecule has 0 spiro atoms. The second-order valence-corrected chi connectivity index (χ2v) is 4.47. The van der Waals surface area contributed by atoms with Crippen molar-refractivity contribution in [3.63, 3.8) is 0 Å². The molecule has 1 rings (SSSR count). The van der Waals surface area contributed by atoms with E-state index in [0.717, 1.165) is 17.4 Å². The highest BCUT2D eigenvalue weighted by Crippen LogP contribution is 2.23. The minimum Gasteiger partial charge on any atom is -0.496 e. The second-order valence-electron chi connectivity index (χ2n) is 3.56. The Labute approximate surface area is 122 Å². The average Bonchev–Trinajstić information content (AvgIpc) is 2.34. The first-order valence-corrected chi connectivity index (χ1v) is 6.24. The summed E-state index contributed by atoms with van der Waals surface area (Å²) in [6.07, 6.45) is 0.904. The van der Waals surface area contributed by atoms with E-state index in [2.05, 4.69) is 26.6 Å². The Balaban J connectivity index is 0.00000289. The number of carbonyl (C=O) groups excluding carboxylic acids is 1. The van der Waals surface area contributed by atoms with Gasteiger partial charge in [0.15, 0.2) is 0 Å². The molecule has 1 amide bonds. The lowest BCUT2D eigenvalue weighted by Gasteiger charge is -2.09. The third-order valence-electron chi connectivity index (χ3n) is 2.30. The molecule has 0 aliphatic heterocycles. The summed E-state index contributed by atoms with van der Waals surface area (Å²) in [6.45, 7) is 1.54. The molecule has 102 valence electrons. The quantitative estimate of drug-likeness (QED) is 0.783. The van der Waals surface area contributed by atoms with Crippen LogP contribution in [0.5, 0.6) is 5.75 Å². The third kappa shape index (κ3) is 5.25. The van der Waals surface area contributed by atoms with E-state index in [0.29, 0.717) is 17.9 Å². The fourth-order valence-corrected chi connectivity index (χ4v) is 1.76. The zero-order valence-electron chi connectivity index (χ0n) is 10.5. The molecule has 0 unspecified atom stereocenters. The van der Waals surface area contributed by atoms with Crippen LogP contribution in [0.3, 0.4) is 0 Å². The predicted octanol–water partition coefficient (Wildman–Crippen LogP) is 2.22. The molecular weight excluding hydrogens is 320 g/mol. The number of methoxy groups -OCH3 is 1. The Morgan fingerprint density at radius 3 is 2.72 bits per heavy atom. The molecular formula is C12H18BrClN2O2. The van der Waals surface area contributed by atoms with Crippen LogP contribution in [-0.2, 0) is 0 Å². The van der Waals surface area contributed by atoms with Gasteiger partial charge in [-0.25, -0.2) is 0 Å². The highest BCUT2D eigenvalue weighted by atomic mass is 79.9. The Kier molecular flexibility index (Phi) is 8.79. The first-order valence-electron chi connectivity index (χ1n) is 5.45. The van der Waals surface area contributed by atoms with E-state index in [-0.39, 0.29) is 18.3 Å². The van der Waals surface area contributed by atoms with Crippen LogP contribution in [0.15, 0.2) is 22.7 Å². The molecule has 0 aliphatic carbocycles. The van der Waals surface area contributed by atoms with E-state index in [1.807, 2.05) is 13.1 Å². The molecule has 0 bridgehead atoms. The molecule has 1 aromatic rings. The minimum atomic E-state index is -0.106. The van der Waals surface area contributed by atoms with Gasteiger partial charge in [0.1, 0.15) is 5.75 Å². The lowest BCUT2D eigenvalue weighted by Crippen LogP contribution is -2.26. The van der Waals surface area contributed by atoms with Crippen molar-refractivity contribution < 1.29 is 9.53 Å². The molecule has 0 aliphatic rings. The fraction of sp³-hybridized carbons (Fsp3) is 0.417. The van der Waals surface area contributed by atoms with Crippen molar-refractivity contribution in [1.82, 2.24) is 10.6 Å². The Morgan fingerprint density at radius 2 is 2.11 bits per heavy atom. The van der Waals surface area contributed by atoms with E-state index >= 15 is 0 Å². The molecule has 0 radical (unpaired) electrons. The van der Waals surface area contributed by atoms with Crippen LogP contribution in [-0.4, -0.2) is 33.2 Å². The fourth-order valence-electron chi connectivity index (χ4n) is 1.41.